The number of nitrogens with zero attached hydrogens (tertiary/aromatic N) is 2. The Morgan fingerprint density at radius 3 is 1.88 bits per heavy atom. The molecule has 3 heteroatoms. The highest BCUT2D eigenvalue weighted by atomic mass is 16.3. The molecule has 43 heavy (non-hydrogen) atoms. The predicted octanol–water partition coefficient (Wildman–Crippen LogP) is 11.3. The molecule has 0 radical (unpaired) electrons. The molecular formula is C40H26N2O. The summed E-state index contributed by atoms with van der Waals surface area (Å²) in [6.07, 6.45) is 0. The van der Waals surface area contributed by atoms with Crippen LogP contribution in [0.3, 0.4) is 0 Å². The lowest BCUT2D eigenvalue weighted by molar-refractivity contribution is 0.669. The maximum atomic E-state index is 6.51. The van der Waals surface area contributed by atoms with Gasteiger partial charge in [-0.05, 0) is 77.5 Å². The molecule has 0 aliphatic heterocycles. The standard InChI is InChI=1S/C40H26N2O/c1-3-15-29(16-4-1)41-33-20-10-9-19-31(33)39-34(41)21-11-22-35(39)42(30-17-5-2-6-18-30)36-23-12-24-37-40(36)32-25-27-13-7-8-14-28(27)26-38(32)43-37/h1-26H. The third kappa shape index (κ3) is 3.62. The zero-order valence-corrected chi connectivity index (χ0v) is 23.3. The molecule has 0 N–H and O–H groups in total. The van der Waals surface area contributed by atoms with Crippen molar-refractivity contribution in [1.29, 1.82) is 0 Å². The van der Waals surface area contributed by atoms with Crippen molar-refractivity contribution < 1.29 is 4.42 Å². The first kappa shape index (κ1) is 23.9. The topological polar surface area (TPSA) is 21.3 Å². The number of benzene rings is 7. The van der Waals surface area contributed by atoms with Crippen molar-refractivity contribution in [2.24, 2.45) is 0 Å². The Labute approximate surface area is 248 Å². The van der Waals surface area contributed by atoms with Crippen molar-refractivity contribution in [3.8, 4) is 5.69 Å². The van der Waals surface area contributed by atoms with Gasteiger partial charge >= 0.3 is 0 Å². The van der Waals surface area contributed by atoms with Crippen molar-refractivity contribution >= 4 is 71.6 Å². The Morgan fingerprint density at radius 1 is 0.442 bits per heavy atom. The van der Waals surface area contributed by atoms with Crippen LogP contribution in [0.2, 0.25) is 0 Å². The van der Waals surface area contributed by atoms with Gasteiger partial charge in [0.1, 0.15) is 11.2 Å². The smallest absolute Gasteiger partial charge is 0.137 e. The van der Waals surface area contributed by atoms with E-state index in [0.717, 1.165) is 44.7 Å². The monoisotopic (exact) mass is 550 g/mol. The van der Waals surface area contributed by atoms with Crippen molar-refractivity contribution in [3.05, 3.63) is 158 Å². The van der Waals surface area contributed by atoms with Gasteiger partial charge in [0, 0.05) is 27.5 Å². The van der Waals surface area contributed by atoms with Crippen LogP contribution in [0.15, 0.2) is 162 Å². The number of hydrogen-bond acceptors (Lipinski definition) is 2. The zero-order chi connectivity index (χ0) is 28.3. The summed E-state index contributed by atoms with van der Waals surface area (Å²) in [6.45, 7) is 0. The molecule has 0 bridgehead atoms. The molecule has 2 heterocycles. The molecule has 0 fully saturated rings. The molecule has 0 amide bonds. The fraction of sp³-hybridized carbons (Fsp3) is 0. The van der Waals surface area contributed by atoms with E-state index in [2.05, 4.69) is 167 Å². The Morgan fingerprint density at radius 2 is 1.07 bits per heavy atom. The van der Waals surface area contributed by atoms with Gasteiger partial charge in [-0.15, -0.1) is 0 Å². The van der Waals surface area contributed by atoms with Gasteiger partial charge in [0.2, 0.25) is 0 Å². The van der Waals surface area contributed by atoms with Crippen LogP contribution in [0.4, 0.5) is 17.1 Å². The third-order valence-corrected chi connectivity index (χ3v) is 8.53. The first-order valence-electron chi connectivity index (χ1n) is 14.6. The van der Waals surface area contributed by atoms with E-state index in [0.29, 0.717) is 0 Å². The quantitative estimate of drug-likeness (QED) is 0.217. The van der Waals surface area contributed by atoms with E-state index in [9.17, 15) is 0 Å². The molecule has 202 valence electrons. The van der Waals surface area contributed by atoms with Gasteiger partial charge in [-0.3, -0.25) is 0 Å². The molecule has 0 aliphatic carbocycles. The van der Waals surface area contributed by atoms with Gasteiger partial charge in [-0.2, -0.15) is 0 Å². The van der Waals surface area contributed by atoms with Crippen LogP contribution in [0.25, 0.3) is 60.2 Å². The SMILES string of the molecule is c1ccc(N(c2cccc3oc4cc5ccccc5cc4c23)c2cccc3c2c2ccccc2n3-c2ccccc2)cc1. The van der Waals surface area contributed by atoms with Crippen molar-refractivity contribution in [3.63, 3.8) is 0 Å². The maximum Gasteiger partial charge on any atom is 0.137 e. The number of fused-ring (bicyclic) bond motifs is 7. The number of para-hydroxylation sites is 3. The predicted molar refractivity (Wildman–Crippen MR) is 180 cm³/mol. The Bertz CT molecular complexity index is 2450. The summed E-state index contributed by atoms with van der Waals surface area (Å²) in [5.74, 6) is 0. The molecule has 0 atom stereocenters. The molecule has 0 unspecified atom stereocenters. The molecule has 2 aromatic heterocycles. The van der Waals surface area contributed by atoms with Crippen LogP contribution >= 0.6 is 0 Å². The minimum atomic E-state index is 0.877. The highest BCUT2D eigenvalue weighted by Crippen LogP contribution is 2.47. The molecule has 0 aliphatic rings. The van der Waals surface area contributed by atoms with Crippen LogP contribution in [0, 0.1) is 0 Å². The lowest BCUT2D eigenvalue weighted by atomic mass is 10.0. The van der Waals surface area contributed by atoms with Crippen molar-refractivity contribution in [1.82, 2.24) is 4.57 Å². The van der Waals surface area contributed by atoms with Gasteiger partial charge in [-0.1, -0.05) is 91.0 Å². The summed E-state index contributed by atoms with van der Waals surface area (Å²) in [6, 6.07) is 56.0. The van der Waals surface area contributed by atoms with E-state index in [1.807, 2.05) is 0 Å². The second kappa shape index (κ2) is 9.37. The second-order valence-electron chi connectivity index (χ2n) is 11.0. The van der Waals surface area contributed by atoms with Crippen LogP contribution in [0.1, 0.15) is 0 Å². The first-order valence-corrected chi connectivity index (χ1v) is 14.6. The Kier molecular flexibility index (Phi) is 5.20. The van der Waals surface area contributed by atoms with E-state index in [1.165, 1.54) is 32.6 Å². The minimum absolute atomic E-state index is 0.877. The van der Waals surface area contributed by atoms with Crippen LogP contribution in [-0.4, -0.2) is 4.57 Å². The Hall–Kier alpha value is -5.80. The van der Waals surface area contributed by atoms with Crippen LogP contribution < -0.4 is 4.90 Å². The highest BCUT2D eigenvalue weighted by Gasteiger charge is 2.23. The second-order valence-corrected chi connectivity index (χ2v) is 11.0. The summed E-state index contributed by atoms with van der Waals surface area (Å²) in [5.41, 5.74) is 8.57. The molecule has 3 nitrogen and oxygen atoms in total. The van der Waals surface area contributed by atoms with Crippen LogP contribution in [0.5, 0.6) is 0 Å². The number of aromatic nitrogens is 1. The number of anilines is 3. The summed E-state index contributed by atoms with van der Waals surface area (Å²) >= 11 is 0. The molecule has 0 saturated heterocycles. The fourth-order valence-electron chi connectivity index (χ4n) is 6.71. The number of hydrogen-bond donors (Lipinski definition) is 0. The van der Waals surface area contributed by atoms with E-state index in [-0.39, 0.29) is 0 Å². The number of furan rings is 1. The molecule has 0 saturated carbocycles. The van der Waals surface area contributed by atoms with Gasteiger partial charge in [0.15, 0.2) is 0 Å². The van der Waals surface area contributed by atoms with Gasteiger partial charge < -0.3 is 13.9 Å². The van der Waals surface area contributed by atoms with Crippen molar-refractivity contribution in [2.75, 3.05) is 4.90 Å². The summed E-state index contributed by atoms with van der Waals surface area (Å²) < 4.78 is 8.88. The fourth-order valence-corrected chi connectivity index (χ4v) is 6.71. The van der Waals surface area contributed by atoms with Gasteiger partial charge in [-0.25, -0.2) is 0 Å². The summed E-state index contributed by atoms with van der Waals surface area (Å²) in [4.78, 5) is 2.40. The van der Waals surface area contributed by atoms with Gasteiger partial charge in [0.05, 0.1) is 27.8 Å². The maximum absolute atomic E-state index is 6.51. The molecule has 9 aromatic rings. The Balaban J connectivity index is 1.41. The molecule has 9 rings (SSSR count). The van der Waals surface area contributed by atoms with Gasteiger partial charge in [0.25, 0.3) is 0 Å². The van der Waals surface area contributed by atoms with Crippen LogP contribution in [-0.2, 0) is 0 Å². The van der Waals surface area contributed by atoms with E-state index in [4.69, 9.17) is 4.42 Å². The first-order chi connectivity index (χ1) is 21.3. The van der Waals surface area contributed by atoms with E-state index in [1.54, 1.807) is 0 Å². The average Bonchev–Trinajstić information content (AvgIpc) is 3.61. The summed E-state index contributed by atoms with van der Waals surface area (Å²) in [7, 11) is 0. The zero-order valence-electron chi connectivity index (χ0n) is 23.3. The van der Waals surface area contributed by atoms with E-state index >= 15 is 0 Å². The normalized spacial score (nSPS) is 11.7. The molecule has 7 aromatic carbocycles. The lowest BCUT2D eigenvalue weighted by Crippen LogP contribution is -2.10. The van der Waals surface area contributed by atoms with Crippen molar-refractivity contribution in [2.45, 2.75) is 0 Å². The molecular weight excluding hydrogens is 524 g/mol. The number of rotatable bonds is 4. The minimum Gasteiger partial charge on any atom is -0.456 e. The lowest BCUT2D eigenvalue weighted by Gasteiger charge is -2.27. The molecule has 0 spiro atoms. The summed E-state index contributed by atoms with van der Waals surface area (Å²) in [5, 5.41) is 7.02. The largest absolute Gasteiger partial charge is 0.456 e. The van der Waals surface area contributed by atoms with E-state index < -0.39 is 0 Å². The third-order valence-electron chi connectivity index (χ3n) is 8.53. The average molecular weight is 551 g/mol. The highest BCUT2D eigenvalue weighted by molar-refractivity contribution is 6.20.